The van der Waals surface area contributed by atoms with E-state index < -0.39 is 23.7 Å². The fourth-order valence-electron chi connectivity index (χ4n) is 4.40. The average Bonchev–Trinajstić information content (AvgIpc) is 2.86. The van der Waals surface area contributed by atoms with E-state index in [2.05, 4.69) is 10.3 Å². The molecular weight excluding hydrogens is 453 g/mol. The summed E-state index contributed by atoms with van der Waals surface area (Å²) < 4.78 is 15.1. The first-order valence-corrected chi connectivity index (χ1v) is 11.9. The first-order valence-electron chi connectivity index (χ1n) is 11.5. The molecule has 0 bridgehead atoms. The molecule has 1 aliphatic carbocycles. The SMILES string of the molecule is O=C(NC1CCCCC1)C(c1ccccc1F)N(Cc1ccccc1Cl)C(=O)c1ccccn1. The predicted molar refractivity (Wildman–Crippen MR) is 130 cm³/mol. The van der Waals surface area contributed by atoms with Crippen LogP contribution in [0.15, 0.2) is 72.9 Å². The maximum Gasteiger partial charge on any atom is 0.273 e. The molecule has 34 heavy (non-hydrogen) atoms. The molecule has 4 rings (SSSR count). The minimum atomic E-state index is -1.19. The van der Waals surface area contributed by atoms with E-state index in [9.17, 15) is 9.59 Å². The molecule has 5 nitrogen and oxygen atoms in total. The van der Waals surface area contributed by atoms with Gasteiger partial charge in [0.05, 0.1) is 0 Å². The van der Waals surface area contributed by atoms with Crippen LogP contribution in [-0.4, -0.2) is 27.7 Å². The number of amides is 2. The van der Waals surface area contributed by atoms with Crippen LogP contribution < -0.4 is 5.32 Å². The number of halogens is 2. The van der Waals surface area contributed by atoms with E-state index in [0.29, 0.717) is 10.6 Å². The lowest BCUT2D eigenvalue weighted by Gasteiger charge is -2.33. The van der Waals surface area contributed by atoms with Gasteiger partial charge < -0.3 is 10.2 Å². The van der Waals surface area contributed by atoms with Crippen LogP contribution in [0.25, 0.3) is 0 Å². The van der Waals surface area contributed by atoms with Crippen molar-refractivity contribution < 1.29 is 14.0 Å². The molecule has 0 spiro atoms. The number of nitrogens with zero attached hydrogens (tertiary/aromatic N) is 2. The number of hydrogen-bond donors (Lipinski definition) is 1. The molecule has 1 fully saturated rings. The zero-order valence-corrected chi connectivity index (χ0v) is 19.5. The van der Waals surface area contributed by atoms with Gasteiger partial charge in [0.1, 0.15) is 17.6 Å². The molecule has 0 aliphatic heterocycles. The molecule has 7 heteroatoms. The second kappa shape index (κ2) is 11.3. The highest BCUT2D eigenvalue weighted by molar-refractivity contribution is 6.31. The number of carbonyl (C=O) groups excluding carboxylic acids is 2. The van der Waals surface area contributed by atoms with Crippen molar-refractivity contribution in [3.8, 4) is 0 Å². The highest BCUT2D eigenvalue weighted by Gasteiger charge is 2.35. The van der Waals surface area contributed by atoms with E-state index in [-0.39, 0.29) is 23.8 Å². The van der Waals surface area contributed by atoms with Crippen molar-refractivity contribution in [2.75, 3.05) is 0 Å². The molecule has 1 N–H and O–H groups in total. The van der Waals surface area contributed by atoms with Gasteiger partial charge in [-0.05, 0) is 42.7 Å². The number of rotatable bonds is 7. The Morgan fingerprint density at radius 3 is 2.41 bits per heavy atom. The third-order valence-electron chi connectivity index (χ3n) is 6.15. The Balaban J connectivity index is 1.77. The van der Waals surface area contributed by atoms with Gasteiger partial charge in [0.2, 0.25) is 5.91 Å². The highest BCUT2D eigenvalue weighted by Crippen LogP contribution is 2.30. The fraction of sp³-hybridized carbons (Fsp3) is 0.296. The topological polar surface area (TPSA) is 62.3 Å². The van der Waals surface area contributed by atoms with Crippen LogP contribution in [0.2, 0.25) is 5.02 Å². The molecule has 1 aromatic heterocycles. The van der Waals surface area contributed by atoms with Crippen molar-refractivity contribution in [3.63, 3.8) is 0 Å². The Morgan fingerprint density at radius 1 is 1.00 bits per heavy atom. The van der Waals surface area contributed by atoms with Gasteiger partial charge in [-0.1, -0.05) is 73.3 Å². The van der Waals surface area contributed by atoms with Crippen molar-refractivity contribution in [2.24, 2.45) is 0 Å². The smallest absolute Gasteiger partial charge is 0.273 e. The first-order chi connectivity index (χ1) is 16.5. The number of carbonyl (C=O) groups is 2. The molecule has 1 atom stereocenters. The summed E-state index contributed by atoms with van der Waals surface area (Å²) in [6.45, 7) is 0.0200. The normalized spacial score (nSPS) is 14.9. The lowest BCUT2D eigenvalue weighted by atomic mass is 9.94. The van der Waals surface area contributed by atoms with Gasteiger partial charge in [0, 0.05) is 29.4 Å². The minimum absolute atomic E-state index is 0.00244. The van der Waals surface area contributed by atoms with E-state index in [0.717, 1.165) is 32.1 Å². The van der Waals surface area contributed by atoms with Gasteiger partial charge in [-0.25, -0.2) is 4.39 Å². The van der Waals surface area contributed by atoms with Crippen molar-refractivity contribution in [3.05, 3.63) is 101 Å². The van der Waals surface area contributed by atoms with Gasteiger partial charge in [-0.15, -0.1) is 0 Å². The summed E-state index contributed by atoms with van der Waals surface area (Å²) in [5, 5.41) is 3.54. The van der Waals surface area contributed by atoms with E-state index in [4.69, 9.17) is 11.6 Å². The van der Waals surface area contributed by atoms with Crippen molar-refractivity contribution >= 4 is 23.4 Å². The summed E-state index contributed by atoms with van der Waals surface area (Å²) in [6.07, 6.45) is 6.46. The molecular formula is C27H27ClFN3O2. The third kappa shape index (κ3) is 5.62. The number of benzene rings is 2. The van der Waals surface area contributed by atoms with Crippen LogP contribution in [-0.2, 0) is 11.3 Å². The van der Waals surface area contributed by atoms with Crippen LogP contribution in [0.1, 0.15) is 59.8 Å². The Morgan fingerprint density at radius 2 is 1.71 bits per heavy atom. The van der Waals surface area contributed by atoms with Crippen LogP contribution in [0.5, 0.6) is 0 Å². The number of pyridine rings is 1. The van der Waals surface area contributed by atoms with Gasteiger partial charge in [0.25, 0.3) is 5.91 Å². The Labute approximate surface area is 204 Å². The number of hydrogen-bond acceptors (Lipinski definition) is 3. The molecule has 0 saturated heterocycles. The van der Waals surface area contributed by atoms with E-state index >= 15 is 4.39 Å². The molecule has 2 aromatic carbocycles. The summed E-state index contributed by atoms with van der Waals surface area (Å²) >= 11 is 6.41. The molecule has 176 valence electrons. The zero-order valence-electron chi connectivity index (χ0n) is 18.8. The summed E-state index contributed by atoms with van der Waals surface area (Å²) in [5.74, 6) is -1.44. The maximum atomic E-state index is 15.1. The zero-order chi connectivity index (χ0) is 23.9. The van der Waals surface area contributed by atoms with E-state index in [1.54, 1.807) is 54.6 Å². The van der Waals surface area contributed by atoms with Crippen molar-refractivity contribution in [1.29, 1.82) is 0 Å². The van der Waals surface area contributed by atoms with Gasteiger partial charge in [0.15, 0.2) is 0 Å². The second-order valence-electron chi connectivity index (χ2n) is 8.51. The largest absolute Gasteiger partial charge is 0.351 e. The van der Waals surface area contributed by atoms with Crippen LogP contribution in [0.3, 0.4) is 0 Å². The van der Waals surface area contributed by atoms with Crippen molar-refractivity contribution in [2.45, 2.75) is 50.7 Å². The second-order valence-corrected chi connectivity index (χ2v) is 8.91. The minimum Gasteiger partial charge on any atom is -0.351 e. The Kier molecular flexibility index (Phi) is 7.91. The average molecular weight is 480 g/mol. The van der Waals surface area contributed by atoms with Crippen LogP contribution in [0, 0.1) is 5.82 Å². The summed E-state index contributed by atoms with van der Waals surface area (Å²) in [4.78, 5) is 32.9. The van der Waals surface area contributed by atoms with Gasteiger partial charge >= 0.3 is 0 Å². The van der Waals surface area contributed by atoms with E-state index in [1.807, 2.05) is 6.07 Å². The molecule has 0 radical (unpaired) electrons. The molecule has 1 heterocycles. The molecule has 2 amide bonds. The Hall–Kier alpha value is -3.25. The monoisotopic (exact) mass is 479 g/mol. The molecule has 3 aromatic rings. The molecule has 1 saturated carbocycles. The maximum absolute atomic E-state index is 15.1. The predicted octanol–water partition coefficient (Wildman–Crippen LogP) is 5.71. The first kappa shape index (κ1) is 23.9. The Bertz CT molecular complexity index is 1140. The lowest BCUT2D eigenvalue weighted by molar-refractivity contribution is -0.127. The summed E-state index contributed by atoms with van der Waals surface area (Å²) in [7, 11) is 0. The van der Waals surface area contributed by atoms with Gasteiger partial charge in [-0.3, -0.25) is 14.6 Å². The van der Waals surface area contributed by atoms with Crippen molar-refractivity contribution in [1.82, 2.24) is 15.2 Å². The van der Waals surface area contributed by atoms with Crippen LogP contribution in [0.4, 0.5) is 4.39 Å². The summed E-state index contributed by atoms with van der Waals surface area (Å²) in [5.41, 5.74) is 0.953. The molecule has 1 unspecified atom stereocenters. The number of aromatic nitrogens is 1. The quantitative estimate of drug-likeness (QED) is 0.472. The lowest BCUT2D eigenvalue weighted by Crippen LogP contribution is -2.47. The van der Waals surface area contributed by atoms with Crippen LogP contribution >= 0.6 is 11.6 Å². The van der Waals surface area contributed by atoms with E-state index in [1.165, 1.54) is 17.2 Å². The fourth-order valence-corrected chi connectivity index (χ4v) is 4.60. The molecule has 1 aliphatic rings. The van der Waals surface area contributed by atoms with Gasteiger partial charge in [-0.2, -0.15) is 0 Å². The summed E-state index contributed by atoms with van der Waals surface area (Å²) in [6, 6.07) is 17.0. The third-order valence-corrected chi connectivity index (χ3v) is 6.52. The number of nitrogens with one attached hydrogen (secondary N) is 1. The standard InChI is InChI=1S/C27H27ClFN3O2/c28-22-14-6-4-10-19(22)18-32(27(34)24-16-8-9-17-30-24)25(21-13-5-7-15-23(21)29)26(33)31-20-11-2-1-3-12-20/h4-10,13-17,20,25H,1-3,11-12,18H2,(H,31,33). The highest BCUT2D eigenvalue weighted by atomic mass is 35.5.